The van der Waals surface area contributed by atoms with Gasteiger partial charge in [0.2, 0.25) is 0 Å². The molecule has 6 heteroatoms. The summed E-state index contributed by atoms with van der Waals surface area (Å²) in [6, 6.07) is 3.88. The summed E-state index contributed by atoms with van der Waals surface area (Å²) in [7, 11) is 0. The molecule has 2 aromatic rings. The molecule has 1 fully saturated rings. The average Bonchev–Trinajstić information content (AvgIpc) is 2.94. The van der Waals surface area contributed by atoms with E-state index in [1.165, 1.54) is 11.5 Å². The van der Waals surface area contributed by atoms with Crippen LogP contribution in [-0.4, -0.2) is 44.3 Å². The van der Waals surface area contributed by atoms with Gasteiger partial charge >= 0.3 is 0 Å². The molecule has 0 saturated carbocycles. The molecule has 1 aliphatic rings. The lowest BCUT2D eigenvalue weighted by molar-refractivity contribution is 0.808. The first kappa shape index (κ1) is 10.6. The molecule has 0 atom stereocenters. The molecule has 1 saturated heterocycles. The van der Waals surface area contributed by atoms with Crippen molar-refractivity contribution in [2.45, 2.75) is 0 Å². The van der Waals surface area contributed by atoms with Crippen LogP contribution in [0.5, 0.6) is 0 Å². The molecule has 5 nitrogen and oxygen atoms in total. The predicted molar refractivity (Wildman–Crippen MR) is 68.7 cm³/mol. The number of rotatable bonds is 2. The Morgan fingerprint density at radius 3 is 2.71 bits per heavy atom. The molecule has 0 aromatic carbocycles. The molecule has 1 aliphatic heterocycles. The zero-order valence-corrected chi connectivity index (χ0v) is 10.2. The molecular weight excluding hydrogens is 234 g/mol. The van der Waals surface area contributed by atoms with Crippen molar-refractivity contribution in [1.29, 1.82) is 0 Å². The fourth-order valence-electron chi connectivity index (χ4n) is 1.83. The summed E-state index contributed by atoms with van der Waals surface area (Å²) in [6.45, 7) is 2.11. The number of hydrogen-bond donors (Lipinski definition) is 0. The van der Waals surface area contributed by atoms with E-state index >= 15 is 0 Å². The average molecular weight is 247 g/mol. The molecule has 17 heavy (non-hydrogen) atoms. The van der Waals surface area contributed by atoms with E-state index in [0.717, 1.165) is 24.7 Å². The summed E-state index contributed by atoms with van der Waals surface area (Å²) >= 11 is 1.99. The number of hydrogen-bond acceptors (Lipinski definition) is 5. The summed E-state index contributed by atoms with van der Waals surface area (Å²) in [6.07, 6.45) is 5.24. The second-order valence-electron chi connectivity index (χ2n) is 3.78. The highest BCUT2D eigenvalue weighted by Gasteiger charge is 2.13. The molecule has 0 spiro atoms. The van der Waals surface area contributed by atoms with Gasteiger partial charge in [-0.05, 0) is 6.07 Å². The Balaban J connectivity index is 1.88. The molecule has 3 rings (SSSR count). The molecule has 0 amide bonds. The molecule has 2 aromatic heterocycles. The fraction of sp³-hybridized carbons (Fsp3) is 0.364. The van der Waals surface area contributed by atoms with Gasteiger partial charge in [0.15, 0.2) is 5.82 Å². The van der Waals surface area contributed by atoms with Crippen LogP contribution in [0.4, 0.5) is 5.82 Å². The summed E-state index contributed by atoms with van der Waals surface area (Å²) < 4.78 is 1.75. The van der Waals surface area contributed by atoms with Crippen LogP contribution in [0.1, 0.15) is 0 Å². The minimum Gasteiger partial charge on any atom is -0.355 e. The minimum atomic E-state index is 0.818. The standard InChI is InChI=1S/C11H13N5S/c1-2-14-16(3-1)11-8-10(12-9-13-11)15-4-6-17-7-5-15/h1-3,8-9H,4-7H2. The normalized spacial score (nSPS) is 16.1. The van der Waals surface area contributed by atoms with Crippen LogP contribution in [0, 0.1) is 0 Å². The van der Waals surface area contributed by atoms with Crippen molar-refractivity contribution in [2.75, 3.05) is 29.5 Å². The molecule has 0 radical (unpaired) electrons. The highest BCUT2D eigenvalue weighted by atomic mass is 32.2. The van der Waals surface area contributed by atoms with E-state index in [2.05, 4.69) is 20.0 Å². The van der Waals surface area contributed by atoms with E-state index in [-0.39, 0.29) is 0 Å². The zero-order chi connectivity index (χ0) is 11.5. The summed E-state index contributed by atoms with van der Waals surface area (Å²) in [5, 5.41) is 4.18. The van der Waals surface area contributed by atoms with Gasteiger partial charge in [0.05, 0.1) is 0 Å². The van der Waals surface area contributed by atoms with Gasteiger partial charge in [-0.2, -0.15) is 16.9 Å². The lowest BCUT2D eigenvalue weighted by Gasteiger charge is -2.27. The number of nitrogens with zero attached hydrogens (tertiary/aromatic N) is 5. The Hall–Kier alpha value is -1.56. The van der Waals surface area contributed by atoms with Crippen molar-refractivity contribution in [3.63, 3.8) is 0 Å². The predicted octanol–water partition coefficient (Wildman–Crippen LogP) is 1.22. The minimum absolute atomic E-state index is 0.818. The van der Waals surface area contributed by atoms with Gasteiger partial charge in [-0.3, -0.25) is 0 Å². The highest BCUT2D eigenvalue weighted by molar-refractivity contribution is 7.99. The lowest BCUT2D eigenvalue weighted by Crippen LogP contribution is -2.33. The van der Waals surface area contributed by atoms with Crippen LogP contribution in [0.3, 0.4) is 0 Å². The van der Waals surface area contributed by atoms with Crippen molar-refractivity contribution in [1.82, 2.24) is 19.7 Å². The summed E-state index contributed by atoms with van der Waals surface area (Å²) in [4.78, 5) is 10.9. The third kappa shape index (κ3) is 2.26. The summed E-state index contributed by atoms with van der Waals surface area (Å²) in [5.74, 6) is 4.14. The third-order valence-electron chi connectivity index (χ3n) is 2.71. The van der Waals surface area contributed by atoms with Crippen molar-refractivity contribution in [3.05, 3.63) is 30.9 Å². The van der Waals surface area contributed by atoms with E-state index in [4.69, 9.17) is 0 Å². The van der Waals surface area contributed by atoms with Gasteiger partial charge < -0.3 is 4.90 Å². The van der Waals surface area contributed by atoms with Crippen molar-refractivity contribution in [2.24, 2.45) is 0 Å². The maximum atomic E-state index is 4.34. The van der Waals surface area contributed by atoms with E-state index in [1.807, 2.05) is 30.1 Å². The molecule has 0 N–H and O–H groups in total. The quantitative estimate of drug-likeness (QED) is 0.798. The molecular formula is C11H13N5S. The number of aromatic nitrogens is 4. The summed E-state index contributed by atoms with van der Waals surface area (Å²) in [5.41, 5.74) is 0. The van der Waals surface area contributed by atoms with E-state index < -0.39 is 0 Å². The van der Waals surface area contributed by atoms with Crippen LogP contribution in [-0.2, 0) is 0 Å². The van der Waals surface area contributed by atoms with E-state index in [9.17, 15) is 0 Å². The maximum absolute atomic E-state index is 4.34. The molecule has 3 heterocycles. The Bertz CT molecular complexity index is 478. The first-order valence-corrected chi connectivity index (χ1v) is 6.74. The van der Waals surface area contributed by atoms with E-state index in [0.29, 0.717) is 0 Å². The van der Waals surface area contributed by atoms with Crippen LogP contribution >= 0.6 is 11.8 Å². The second kappa shape index (κ2) is 4.75. The van der Waals surface area contributed by atoms with Crippen LogP contribution in [0.25, 0.3) is 5.82 Å². The van der Waals surface area contributed by atoms with Gasteiger partial charge in [0.1, 0.15) is 12.1 Å². The van der Waals surface area contributed by atoms with Gasteiger partial charge in [0.25, 0.3) is 0 Å². The topological polar surface area (TPSA) is 46.8 Å². The molecule has 0 aliphatic carbocycles. The van der Waals surface area contributed by atoms with Gasteiger partial charge in [-0.1, -0.05) is 0 Å². The van der Waals surface area contributed by atoms with Gasteiger partial charge in [-0.25, -0.2) is 14.6 Å². The van der Waals surface area contributed by atoms with Crippen LogP contribution in [0.2, 0.25) is 0 Å². The molecule has 0 bridgehead atoms. The lowest BCUT2D eigenvalue weighted by atomic mass is 10.4. The van der Waals surface area contributed by atoms with Crippen molar-refractivity contribution < 1.29 is 0 Å². The fourth-order valence-corrected chi connectivity index (χ4v) is 2.74. The number of thioether (sulfide) groups is 1. The third-order valence-corrected chi connectivity index (χ3v) is 3.65. The largest absolute Gasteiger partial charge is 0.355 e. The van der Waals surface area contributed by atoms with Gasteiger partial charge in [-0.15, -0.1) is 0 Å². The second-order valence-corrected chi connectivity index (χ2v) is 5.01. The smallest absolute Gasteiger partial charge is 0.158 e. The maximum Gasteiger partial charge on any atom is 0.158 e. The first-order valence-electron chi connectivity index (χ1n) is 5.58. The number of anilines is 1. The highest BCUT2D eigenvalue weighted by Crippen LogP contribution is 2.18. The Labute approximate surface area is 104 Å². The van der Waals surface area contributed by atoms with Crippen LogP contribution in [0.15, 0.2) is 30.9 Å². The Morgan fingerprint density at radius 2 is 1.94 bits per heavy atom. The Kier molecular flexibility index (Phi) is 2.96. The van der Waals surface area contributed by atoms with E-state index in [1.54, 1.807) is 17.2 Å². The van der Waals surface area contributed by atoms with Crippen molar-refractivity contribution in [3.8, 4) is 5.82 Å². The monoisotopic (exact) mass is 247 g/mol. The van der Waals surface area contributed by atoms with Crippen LogP contribution < -0.4 is 4.90 Å². The SMILES string of the molecule is c1cnn(-c2cc(N3CCSCC3)ncn2)c1. The Morgan fingerprint density at radius 1 is 1.12 bits per heavy atom. The molecule has 88 valence electrons. The van der Waals surface area contributed by atoms with Crippen molar-refractivity contribution >= 4 is 17.6 Å². The van der Waals surface area contributed by atoms with Gasteiger partial charge in [0, 0.05) is 43.1 Å². The molecule has 0 unspecified atom stereocenters. The first-order chi connectivity index (χ1) is 8.43. The zero-order valence-electron chi connectivity index (χ0n) is 9.36.